The molecule has 0 spiro atoms. The van der Waals surface area contributed by atoms with Crippen molar-refractivity contribution in [1.82, 2.24) is 10.2 Å². The van der Waals surface area contributed by atoms with Crippen molar-refractivity contribution < 1.29 is 4.79 Å². The Labute approximate surface area is 149 Å². The molecule has 2 aliphatic rings. The van der Waals surface area contributed by atoms with Gasteiger partial charge in [0, 0.05) is 36.0 Å². The number of carbonyl (C=O) groups is 1. The van der Waals surface area contributed by atoms with Crippen molar-refractivity contribution in [2.75, 3.05) is 13.1 Å². The van der Waals surface area contributed by atoms with Gasteiger partial charge < -0.3 is 10.2 Å². The molecule has 1 amide bonds. The van der Waals surface area contributed by atoms with Crippen LogP contribution in [0, 0.1) is 0 Å². The molecule has 1 saturated heterocycles. The molecule has 4 rings (SSSR count). The van der Waals surface area contributed by atoms with Gasteiger partial charge >= 0.3 is 0 Å². The zero-order valence-corrected chi connectivity index (χ0v) is 15.1. The lowest BCUT2D eigenvalue weighted by molar-refractivity contribution is -0.126. The second-order valence-corrected chi connectivity index (χ2v) is 7.94. The van der Waals surface area contributed by atoms with Crippen LogP contribution < -0.4 is 5.32 Å². The van der Waals surface area contributed by atoms with Crippen LogP contribution in [0.1, 0.15) is 44.2 Å². The van der Waals surface area contributed by atoms with Crippen molar-refractivity contribution in [2.24, 2.45) is 0 Å². The monoisotopic (exact) mass is 334 g/mol. The van der Waals surface area contributed by atoms with E-state index >= 15 is 0 Å². The average molecular weight is 334 g/mol. The third kappa shape index (κ3) is 3.15. The Hall–Kier alpha value is -2.29. The number of nitrogens with zero attached hydrogens (tertiary/aromatic N) is 1. The second-order valence-electron chi connectivity index (χ2n) is 7.94. The van der Waals surface area contributed by atoms with Gasteiger partial charge in [-0.15, -0.1) is 0 Å². The molecule has 0 bridgehead atoms. The summed E-state index contributed by atoms with van der Waals surface area (Å²) in [5.74, 6) is 0.138. The summed E-state index contributed by atoms with van der Waals surface area (Å²) < 4.78 is 0. The molecule has 0 aromatic heterocycles. The third-order valence-corrected chi connectivity index (χ3v) is 5.36. The van der Waals surface area contributed by atoms with E-state index in [0.717, 1.165) is 38.0 Å². The van der Waals surface area contributed by atoms with Crippen molar-refractivity contribution in [3.8, 4) is 0 Å². The van der Waals surface area contributed by atoms with Gasteiger partial charge in [-0.25, -0.2) is 0 Å². The molecule has 3 heteroatoms. The first-order valence-corrected chi connectivity index (χ1v) is 9.33. The van der Waals surface area contributed by atoms with Crippen molar-refractivity contribution in [2.45, 2.75) is 45.1 Å². The molecule has 0 unspecified atom stereocenters. The number of carbonyl (C=O) groups excluding carboxylic acids is 1. The van der Waals surface area contributed by atoms with Crippen molar-refractivity contribution in [3.05, 3.63) is 53.6 Å². The average Bonchev–Trinajstić information content (AvgIpc) is 2.61. The van der Waals surface area contributed by atoms with E-state index < -0.39 is 0 Å². The standard InChI is InChI=1S/C22H26N2O/c1-22(2)15-19-17-9-5-4-8-16(17)10-11-18(19)20(23-22)14-21(25)24-12-6-3-7-13-24/h4-5,8-11,14,23H,3,6-7,12-13,15H2,1-2H3. The van der Waals surface area contributed by atoms with Crippen molar-refractivity contribution in [3.63, 3.8) is 0 Å². The zero-order valence-electron chi connectivity index (χ0n) is 15.1. The summed E-state index contributed by atoms with van der Waals surface area (Å²) in [6.45, 7) is 6.18. The summed E-state index contributed by atoms with van der Waals surface area (Å²) in [6, 6.07) is 12.9. The van der Waals surface area contributed by atoms with Crippen molar-refractivity contribution >= 4 is 22.4 Å². The lowest BCUT2D eigenvalue weighted by Gasteiger charge is -2.36. The Balaban J connectivity index is 1.78. The van der Waals surface area contributed by atoms with Gasteiger partial charge in [0.25, 0.3) is 0 Å². The Morgan fingerprint density at radius 2 is 1.84 bits per heavy atom. The minimum atomic E-state index is -0.0643. The van der Waals surface area contributed by atoms with E-state index in [1.807, 2.05) is 11.0 Å². The summed E-state index contributed by atoms with van der Waals surface area (Å²) in [5.41, 5.74) is 3.42. The number of benzene rings is 2. The molecule has 1 N–H and O–H groups in total. The molecule has 2 aromatic rings. The van der Waals surface area contributed by atoms with Crippen LogP contribution in [-0.4, -0.2) is 29.4 Å². The highest BCUT2D eigenvalue weighted by atomic mass is 16.2. The fourth-order valence-corrected chi connectivity index (χ4v) is 4.14. The number of amides is 1. The number of hydrogen-bond donors (Lipinski definition) is 1. The molecule has 25 heavy (non-hydrogen) atoms. The molecule has 2 aliphatic heterocycles. The predicted molar refractivity (Wildman–Crippen MR) is 103 cm³/mol. The van der Waals surface area contributed by atoms with Gasteiger partial charge in [0.15, 0.2) is 0 Å². The van der Waals surface area contributed by atoms with Crippen LogP contribution in [0.25, 0.3) is 16.5 Å². The van der Waals surface area contributed by atoms with Crippen LogP contribution in [-0.2, 0) is 11.2 Å². The highest BCUT2D eigenvalue weighted by Crippen LogP contribution is 2.34. The summed E-state index contributed by atoms with van der Waals surface area (Å²) in [7, 11) is 0. The fraction of sp³-hybridized carbons (Fsp3) is 0.409. The van der Waals surface area contributed by atoms with Crippen LogP contribution in [0.2, 0.25) is 0 Å². The first-order chi connectivity index (χ1) is 12.0. The normalized spacial score (nSPS) is 21.0. The van der Waals surface area contributed by atoms with Gasteiger partial charge in [-0.05, 0) is 55.9 Å². The topological polar surface area (TPSA) is 32.3 Å². The summed E-state index contributed by atoms with van der Waals surface area (Å²) in [6.07, 6.45) is 6.25. The maximum atomic E-state index is 12.8. The van der Waals surface area contributed by atoms with Crippen LogP contribution in [0.3, 0.4) is 0 Å². The van der Waals surface area contributed by atoms with Gasteiger partial charge in [-0.3, -0.25) is 4.79 Å². The largest absolute Gasteiger partial charge is 0.379 e. The van der Waals surface area contributed by atoms with Gasteiger partial charge in [0.2, 0.25) is 5.91 Å². The fourth-order valence-electron chi connectivity index (χ4n) is 4.14. The van der Waals surface area contributed by atoms with Gasteiger partial charge in [0.05, 0.1) is 0 Å². The Morgan fingerprint density at radius 1 is 1.08 bits per heavy atom. The number of piperidine rings is 1. The van der Waals surface area contributed by atoms with Gasteiger partial charge in [0.1, 0.15) is 0 Å². The van der Waals surface area contributed by atoms with E-state index in [0.29, 0.717) is 0 Å². The Morgan fingerprint density at radius 3 is 2.64 bits per heavy atom. The second kappa shape index (κ2) is 6.21. The predicted octanol–water partition coefficient (Wildman–Crippen LogP) is 4.12. The lowest BCUT2D eigenvalue weighted by atomic mass is 9.83. The number of hydrogen-bond acceptors (Lipinski definition) is 2. The molecular weight excluding hydrogens is 308 g/mol. The minimum absolute atomic E-state index is 0.0643. The van der Waals surface area contributed by atoms with Crippen LogP contribution in [0.15, 0.2) is 42.5 Å². The SMILES string of the molecule is CC1(C)Cc2c(ccc3ccccc23)C(=CC(=O)N2CCCCC2)N1. The summed E-state index contributed by atoms with van der Waals surface area (Å²) >= 11 is 0. The van der Waals surface area contributed by atoms with E-state index in [1.54, 1.807) is 0 Å². The van der Waals surface area contributed by atoms with E-state index in [9.17, 15) is 4.79 Å². The molecule has 0 radical (unpaired) electrons. The maximum Gasteiger partial charge on any atom is 0.248 e. The number of nitrogens with one attached hydrogen (secondary N) is 1. The number of rotatable bonds is 1. The third-order valence-electron chi connectivity index (χ3n) is 5.36. The molecule has 0 atom stereocenters. The first-order valence-electron chi connectivity index (χ1n) is 9.33. The van der Waals surface area contributed by atoms with E-state index in [1.165, 1.54) is 28.3 Å². The molecular formula is C22H26N2O. The van der Waals surface area contributed by atoms with Crippen LogP contribution in [0.5, 0.6) is 0 Å². The smallest absolute Gasteiger partial charge is 0.248 e. The lowest BCUT2D eigenvalue weighted by Crippen LogP contribution is -2.44. The summed E-state index contributed by atoms with van der Waals surface area (Å²) in [4.78, 5) is 14.7. The summed E-state index contributed by atoms with van der Waals surface area (Å²) in [5, 5.41) is 6.16. The van der Waals surface area contributed by atoms with Crippen LogP contribution >= 0.6 is 0 Å². The maximum absolute atomic E-state index is 12.8. The molecule has 3 nitrogen and oxygen atoms in total. The van der Waals surface area contributed by atoms with Crippen LogP contribution in [0.4, 0.5) is 0 Å². The van der Waals surface area contributed by atoms with E-state index in [-0.39, 0.29) is 11.4 Å². The van der Waals surface area contributed by atoms with Gasteiger partial charge in [-0.1, -0.05) is 36.4 Å². The Kier molecular flexibility index (Phi) is 4.03. The van der Waals surface area contributed by atoms with Gasteiger partial charge in [-0.2, -0.15) is 0 Å². The quantitative estimate of drug-likeness (QED) is 0.796. The molecule has 130 valence electrons. The highest BCUT2D eigenvalue weighted by molar-refractivity contribution is 5.98. The highest BCUT2D eigenvalue weighted by Gasteiger charge is 2.29. The van der Waals surface area contributed by atoms with E-state index in [4.69, 9.17) is 0 Å². The molecule has 2 heterocycles. The van der Waals surface area contributed by atoms with Crippen molar-refractivity contribution in [1.29, 1.82) is 0 Å². The molecule has 1 fully saturated rings. The molecule has 2 aromatic carbocycles. The zero-order chi connectivity index (χ0) is 17.4. The number of likely N-dealkylation sites (tertiary alicyclic amines) is 1. The molecule has 0 aliphatic carbocycles. The number of fused-ring (bicyclic) bond motifs is 3. The van der Waals surface area contributed by atoms with E-state index in [2.05, 4.69) is 55.6 Å². The Bertz CT molecular complexity index is 844. The minimum Gasteiger partial charge on any atom is -0.379 e. The first kappa shape index (κ1) is 16.2. The molecule has 0 saturated carbocycles.